The Kier molecular flexibility index (Phi) is 3.39. The van der Waals surface area contributed by atoms with Crippen LogP contribution in [0.15, 0.2) is 28.8 Å². The van der Waals surface area contributed by atoms with E-state index in [-0.39, 0.29) is 12.2 Å². The summed E-state index contributed by atoms with van der Waals surface area (Å²) in [4.78, 5) is 15.5. The maximum Gasteiger partial charge on any atom is 0.357 e. The number of carboxylic acids is 1. The molecule has 0 spiro atoms. The van der Waals surface area contributed by atoms with Crippen LogP contribution in [-0.4, -0.2) is 31.0 Å². The summed E-state index contributed by atoms with van der Waals surface area (Å²) in [5.41, 5.74) is 0.754. The Labute approximate surface area is 120 Å². The largest absolute Gasteiger partial charge is 0.476 e. The number of para-hydroxylation sites is 1. The van der Waals surface area contributed by atoms with E-state index in [0.29, 0.717) is 17.1 Å². The maximum absolute atomic E-state index is 11.2. The van der Waals surface area contributed by atoms with E-state index in [4.69, 9.17) is 4.52 Å². The number of nitrogens with zero attached hydrogens (tertiary/aromatic N) is 4. The molecule has 0 aliphatic rings. The molecule has 7 nitrogen and oxygen atoms in total. The molecule has 0 amide bonds. The van der Waals surface area contributed by atoms with Gasteiger partial charge in [0.15, 0.2) is 11.5 Å². The summed E-state index contributed by atoms with van der Waals surface area (Å²) in [6.07, 6.45) is 1.69. The van der Waals surface area contributed by atoms with Gasteiger partial charge in [-0.15, -0.1) is 0 Å². The molecule has 0 bridgehead atoms. The maximum atomic E-state index is 11.2. The first-order valence-electron chi connectivity index (χ1n) is 6.69. The minimum absolute atomic E-state index is 0.0268. The van der Waals surface area contributed by atoms with Gasteiger partial charge in [-0.05, 0) is 12.5 Å². The van der Waals surface area contributed by atoms with Gasteiger partial charge in [0.25, 0.3) is 0 Å². The van der Waals surface area contributed by atoms with E-state index in [1.165, 1.54) is 0 Å². The minimum atomic E-state index is -1.05. The molecule has 1 N–H and O–H groups in total. The number of hydrogen-bond donors (Lipinski definition) is 1. The normalized spacial score (nSPS) is 11.1. The van der Waals surface area contributed by atoms with Crippen molar-refractivity contribution in [3.05, 3.63) is 41.7 Å². The van der Waals surface area contributed by atoms with Gasteiger partial charge in [-0.25, -0.2) is 4.79 Å². The number of aryl methyl sites for hydroxylation is 1. The van der Waals surface area contributed by atoms with E-state index >= 15 is 0 Å². The lowest BCUT2D eigenvalue weighted by Crippen LogP contribution is -2.05. The van der Waals surface area contributed by atoms with Gasteiger partial charge in [0, 0.05) is 11.8 Å². The average Bonchev–Trinajstić information content (AvgIpc) is 3.05. The highest BCUT2D eigenvalue weighted by atomic mass is 16.5. The lowest BCUT2D eigenvalue weighted by atomic mass is 10.2. The van der Waals surface area contributed by atoms with Crippen LogP contribution in [0.1, 0.15) is 35.5 Å². The summed E-state index contributed by atoms with van der Waals surface area (Å²) in [6, 6.07) is 7.17. The summed E-state index contributed by atoms with van der Waals surface area (Å²) in [7, 11) is 0. The minimum Gasteiger partial charge on any atom is -0.476 e. The van der Waals surface area contributed by atoms with Crippen LogP contribution in [0.4, 0.5) is 0 Å². The fourth-order valence-electron chi connectivity index (χ4n) is 2.21. The van der Waals surface area contributed by atoms with Crippen LogP contribution in [0.3, 0.4) is 0 Å². The molecule has 0 saturated carbocycles. The van der Waals surface area contributed by atoms with Crippen molar-refractivity contribution in [2.45, 2.75) is 26.3 Å². The first-order valence-corrected chi connectivity index (χ1v) is 6.69. The van der Waals surface area contributed by atoms with Gasteiger partial charge in [-0.2, -0.15) is 10.1 Å². The van der Waals surface area contributed by atoms with E-state index in [2.05, 4.69) is 15.2 Å². The fraction of sp³-hybridized carbons (Fsp3) is 0.286. The molecule has 1 aromatic carbocycles. The Morgan fingerprint density at radius 2 is 2.19 bits per heavy atom. The van der Waals surface area contributed by atoms with Crippen molar-refractivity contribution >= 4 is 16.9 Å². The predicted molar refractivity (Wildman–Crippen MR) is 74.1 cm³/mol. The number of carbonyl (C=O) groups is 1. The van der Waals surface area contributed by atoms with Crippen molar-refractivity contribution in [2.24, 2.45) is 0 Å². The zero-order valence-corrected chi connectivity index (χ0v) is 11.5. The molecule has 0 fully saturated rings. The number of fused-ring (bicyclic) bond motifs is 1. The lowest BCUT2D eigenvalue weighted by Gasteiger charge is -1.98. The van der Waals surface area contributed by atoms with Crippen LogP contribution in [0.5, 0.6) is 0 Å². The third kappa shape index (κ3) is 2.49. The van der Waals surface area contributed by atoms with Crippen molar-refractivity contribution in [1.29, 1.82) is 0 Å². The van der Waals surface area contributed by atoms with Gasteiger partial charge in [-0.3, -0.25) is 4.68 Å². The zero-order chi connectivity index (χ0) is 14.8. The van der Waals surface area contributed by atoms with Crippen LogP contribution in [0, 0.1) is 0 Å². The number of hydrogen-bond acceptors (Lipinski definition) is 5. The van der Waals surface area contributed by atoms with E-state index in [0.717, 1.165) is 18.4 Å². The molecule has 0 unspecified atom stereocenters. The fourth-order valence-corrected chi connectivity index (χ4v) is 2.21. The first kappa shape index (κ1) is 13.3. The van der Waals surface area contributed by atoms with Crippen LogP contribution in [0.2, 0.25) is 0 Å². The molecule has 3 aromatic rings. The van der Waals surface area contributed by atoms with Crippen LogP contribution in [-0.2, 0) is 13.0 Å². The molecule has 108 valence electrons. The highest BCUT2D eigenvalue weighted by Crippen LogP contribution is 2.19. The monoisotopic (exact) mass is 286 g/mol. The smallest absolute Gasteiger partial charge is 0.357 e. The Balaban J connectivity index is 1.98. The number of benzene rings is 1. The third-order valence-corrected chi connectivity index (χ3v) is 3.13. The number of carboxylic acid groups (broad SMARTS) is 1. The van der Waals surface area contributed by atoms with Crippen molar-refractivity contribution in [3.8, 4) is 0 Å². The van der Waals surface area contributed by atoms with E-state index in [1.807, 2.05) is 19.1 Å². The Hall–Kier alpha value is -2.70. The SMILES string of the molecule is CCCc1noc(Cn2nc(C(=O)O)c3ccccc32)n1. The molecule has 0 saturated heterocycles. The summed E-state index contributed by atoms with van der Waals surface area (Å²) < 4.78 is 6.74. The summed E-state index contributed by atoms with van der Waals surface area (Å²) >= 11 is 0. The quantitative estimate of drug-likeness (QED) is 0.772. The van der Waals surface area contributed by atoms with Crippen molar-refractivity contribution < 1.29 is 14.4 Å². The summed E-state index contributed by atoms with van der Waals surface area (Å²) in [6.45, 7) is 2.29. The zero-order valence-electron chi connectivity index (χ0n) is 11.5. The second-order valence-electron chi connectivity index (χ2n) is 4.68. The van der Waals surface area contributed by atoms with Gasteiger partial charge in [0.1, 0.15) is 6.54 Å². The molecule has 0 aliphatic heterocycles. The van der Waals surface area contributed by atoms with Crippen molar-refractivity contribution in [3.63, 3.8) is 0 Å². The molecule has 2 heterocycles. The molecule has 0 radical (unpaired) electrons. The molecule has 3 rings (SSSR count). The van der Waals surface area contributed by atoms with E-state index in [1.54, 1.807) is 16.8 Å². The second-order valence-corrected chi connectivity index (χ2v) is 4.68. The summed E-state index contributed by atoms with van der Waals surface area (Å²) in [5.74, 6) is 0.0215. The number of aromatic carboxylic acids is 1. The van der Waals surface area contributed by atoms with Gasteiger partial charge < -0.3 is 9.63 Å². The van der Waals surface area contributed by atoms with Gasteiger partial charge >= 0.3 is 5.97 Å². The van der Waals surface area contributed by atoms with E-state index in [9.17, 15) is 9.90 Å². The second kappa shape index (κ2) is 5.35. The van der Waals surface area contributed by atoms with Gasteiger partial charge in [0.2, 0.25) is 5.89 Å². The van der Waals surface area contributed by atoms with Crippen molar-refractivity contribution in [1.82, 2.24) is 19.9 Å². The van der Waals surface area contributed by atoms with Crippen LogP contribution >= 0.6 is 0 Å². The van der Waals surface area contributed by atoms with Crippen LogP contribution in [0.25, 0.3) is 10.9 Å². The number of aromatic nitrogens is 4. The first-order chi connectivity index (χ1) is 10.2. The number of rotatable bonds is 5. The lowest BCUT2D eigenvalue weighted by molar-refractivity contribution is 0.0691. The van der Waals surface area contributed by atoms with Gasteiger partial charge in [-0.1, -0.05) is 30.3 Å². The topological polar surface area (TPSA) is 94.0 Å². The Morgan fingerprint density at radius 3 is 2.95 bits per heavy atom. The molecule has 7 heteroatoms. The molecular weight excluding hydrogens is 272 g/mol. The van der Waals surface area contributed by atoms with Crippen molar-refractivity contribution in [2.75, 3.05) is 0 Å². The highest BCUT2D eigenvalue weighted by molar-refractivity contribution is 6.01. The molecule has 0 atom stereocenters. The highest BCUT2D eigenvalue weighted by Gasteiger charge is 2.17. The average molecular weight is 286 g/mol. The Morgan fingerprint density at radius 1 is 1.38 bits per heavy atom. The van der Waals surface area contributed by atoms with Gasteiger partial charge in [0.05, 0.1) is 5.52 Å². The molecule has 2 aromatic heterocycles. The molecular formula is C14H14N4O3. The van der Waals surface area contributed by atoms with Crippen LogP contribution < -0.4 is 0 Å². The summed E-state index contributed by atoms with van der Waals surface area (Å²) in [5, 5.41) is 17.8. The third-order valence-electron chi connectivity index (χ3n) is 3.13. The standard InChI is InChI=1S/C14H14N4O3/c1-2-5-11-15-12(21-17-11)8-18-10-7-4-3-6-9(10)13(16-18)14(19)20/h3-4,6-7H,2,5,8H2,1H3,(H,19,20). The Bertz CT molecular complexity index is 790. The molecule has 0 aliphatic carbocycles. The molecule has 21 heavy (non-hydrogen) atoms. The van der Waals surface area contributed by atoms with E-state index < -0.39 is 5.97 Å². The predicted octanol–water partition coefficient (Wildman–Crippen LogP) is 2.12.